The number of rotatable bonds is 8. The highest BCUT2D eigenvalue weighted by atomic mass is 32.2. The number of hydrogen-bond donors (Lipinski definition) is 2. The number of hydrogen-bond acceptors (Lipinski definition) is 5. The fourth-order valence-corrected chi connectivity index (χ4v) is 4.21. The van der Waals surface area contributed by atoms with Crippen molar-refractivity contribution in [2.24, 2.45) is 0 Å². The number of nitrogens with one attached hydrogen (secondary N) is 2. The van der Waals surface area contributed by atoms with E-state index in [0.717, 1.165) is 29.8 Å². The Kier molecular flexibility index (Phi) is 5.65. The molecule has 2 aromatic carbocycles. The van der Waals surface area contributed by atoms with Crippen molar-refractivity contribution >= 4 is 15.9 Å². The van der Waals surface area contributed by atoms with Gasteiger partial charge in [-0.25, -0.2) is 17.8 Å². The van der Waals surface area contributed by atoms with E-state index in [2.05, 4.69) is 20.4 Å². The molecule has 0 atom stereocenters. The summed E-state index contributed by atoms with van der Waals surface area (Å²) in [4.78, 5) is 12.9. The zero-order valence-corrected chi connectivity index (χ0v) is 17.4. The van der Waals surface area contributed by atoms with E-state index in [1.165, 1.54) is 0 Å². The molecule has 0 radical (unpaired) electrons. The molecule has 1 fully saturated rings. The first-order valence-electron chi connectivity index (χ1n) is 9.81. The molecule has 1 amide bonds. The second kappa shape index (κ2) is 8.37. The van der Waals surface area contributed by atoms with Crippen LogP contribution in [0.3, 0.4) is 0 Å². The predicted octanol–water partition coefficient (Wildman–Crippen LogP) is 2.16. The lowest BCUT2D eigenvalue weighted by atomic mass is 10.2. The maximum atomic E-state index is 12.7. The Hall–Kier alpha value is -3.04. The summed E-state index contributed by atoms with van der Waals surface area (Å²) in [5.74, 6) is -0.0883. The lowest BCUT2D eigenvalue weighted by Gasteiger charge is -2.09. The third kappa shape index (κ3) is 4.42. The number of carbonyl (C=O) groups is 1. The summed E-state index contributed by atoms with van der Waals surface area (Å²) in [5, 5.41) is 11.0. The van der Waals surface area contributed by atoms with E-state index in [9.17, 15) is 13.2 Å². The van der Waals surface area contributed by atoms with Gasteiger partial charge in [0.2, 0.25) is 10.0 Å². The Morgan fingerprint density at radius 3 is 2.43 bits per heavy atom. The van der Waals surface area contributed by atoms with E-state index in [1.807, 2.05) is 37.3 Å². The number of aromatic nitrogens is 3. The molecule has 1 saturated carbocycles. The van der Waals surface area contributed by atoms with E-state index in [1.54, 1.807) is 28.9 Å². The Bertz CT molecular complexity index is 1140. The number of amides is 1. The van der Waals surface area contributed by atoms with Crippen molar-refractivity contribution in [1.82, 2.24) is 25.0 Å². The van der Waals surface area contributed by atoms with Gasteiger partial charge in [0, 0.05) is 19.0 Å². The molecule has 1 aliphatic carbocycles. The fraction of sp³-hybridized carbons (Fsp3) is 0.286. The molecule has 30 heavy (non-hydrogen) atoms. The maximum absolute atomic E-state index is 12.7. The lowest BCUT2D eigenvalue weighted by molar-refractivity contribution is 0.0948. The summed E-state index contributed by atoms with van der Waals surface area (Å²) in [7, 11) is -3.62. The predicted molar refractivity (Wildman–Crippen MR) is 112 cm³/mol. The van der Waals surface area contributed by atoms with Gasteiger partial charge in [-0.2, -0.15) is 0 Å². The molecule has 1 aromatic heterocycles. The minimum Gasteiger partial charge on any atom is -0.349 e. The van der Waals surface area contributed by atoms with Crippen LogP contribution in [-0.2, 0) is 10.0 Å². The number of aryl methyl sites for hydroxylation is 1. The Morgan fingerprint density at radius 1 is 1.07 bits per heavy atom. The van der Waals surface area contributed by atoms with E-state index >= 15 is 0 Å². The zero-order valence-electron chi connectivity index (χ0n) is 16.6. The average Bonchev–Trinajstić information content (AvgIpc) is 3.49. The van der Waals surface area contributed by atoms with Gasteiger partial charge < -0.3 is 5.32 Å². The minimum atomic E-state index is -3.62. The summed E-state index contributed by atoms with van der Waals surface area (Å²) in [5.41, 5.74) is 2.94. The highest BCUT2D eigenvalue weighted by Gasteiger charge is 2.34. The van der Waals surface area contributed by atoms with Crippen molar-refractivity contribution in [3.8, 4) is 5.69 Å². The van der Waals surface area contributed by atoms with Crippen molar-refractivity contribution in [3.05, 3.63) is 71.5 Å². The highest BCUT2D eigenvalue weighted by Crippen LogP contribution is 2.41. The molecule has 9 heteroatoms. The van der Waals surface area contributed by atoms with Crippen molar-refractivity contribution in [2.45, 2.75) is 30.6 Å². The molecule has 156 valence electrons. The van der Waals surface area contributed by atoms with Crippen LogP contribution in [0.15, 0.2) is 59.5 Å². The van der Waals surface area contributed by atoms with Gasteiger partial charge >= 0.3 is 0 Å². The van der Waals surface area contributed by atoms with Gasteiger partial charge in [0.25, 0.3) is 5.91 Å². The highest BCUT2D eigenvalue weighted by molar-refractivity contribution is 7.89. The van der Waals surface area contributed by atoms with Gasteiger partial charge in [0.15, 0.2) is 5.69 Å². The molecule has 0 unspecified atom stereocenters. The molecule has 4 rings (SSSR count). The van der Waals surface area contributed by atoms with Crippen LogP contribution in [-0.4, -0.2) is 42.4 Å². The number of sulfonamides is 1. The lowest BCUT2D eigenvalue weighted by Crippen LogP contribution is -2.35. The molecule has 0 aliphatic heterocycles. The molecular formula is C21H23N5O3S. The van der Waals surface area contributed by atoms with Crippen LogP contribution < -0.4 is 10.0 Å². The zero-order chi connectivity index (χ0) is 21.1. The van der Waals surface area contributed by atoms with E-state index in [4.69, 9.17) is 0 Å². The first-order chi connectivity index (χ1) is 14.5. The molecule has 1 heterocycles. The van der Waals surface area contributed by atoms with Gasteiger partial charge in [-0.3, -0.25) is 4.79 Å². The number of benzene rings is 2. The van der Waals surface area contributed by atoms with Crippen molar-refractivity contribution in [1.29, 1.82) is 0 Å². The molecule has 0 spiro atoms. The number of carbonyl (C=O) groups excluding carboxylic acids is 1. The smallest absolute Gasteiger partial charge is 0.273 e. The first-order valence-corrected chi connectivity index (χ1v) is 11.3. The molecule has 3 aromatic rings. The summed E-state index contributed by atoms with van der Waals surface area (Å²) >= 11 is 0. The van der Waals surface area contributed by atoms with Crippen LogP contribution >= 0.6 is 0 Å². The van der Waals surface area contributed by atoms with E-state index < -0.39 is 10.0 Å². The summed E-state index contributed by atoms with van der Waals surface area (Å²) < 4.78 is 28.9. The summed E-state index contributed by atoms with van der Waals surface area (Å²) in [6.45, 7) is 2.11. The number of para-hydroxylation sites is 1. The normalized spacial score (nSPS) is 13.9. The third-order valence-electron chi connectivity index (χ3n) is 4.92. The van der Waals surface area contributed by atoms with Crippen molar-refractivity contribution < 1.29 is 13.2 Å². The molecule has 8 nitrogen and oxygen atoms in total. The van der Waals surface area contributed by atoms with Crippen LogP contribution in [0.2, 0.25) is 0 Å². The first kappa shape index (κ1) is 20.2. The molecule has 2 N–H and O–H groups in total. The van der Waals surface area contributed by atoms with Gasteiger partial charge in [0.1, 0.15) is 0 Å². The second-order valence-corrected chi connectivity index (χ2v) is 9.08. The van der Waals surface area contributed by atoms with Gasteiger partial charge in [-0.15, -0.1) is 5.10 Å². The third-order valence-corrected chi connectivity index (χ3v) is 6.40. The topological polar surface area (TPSA) is 106 Å². The molecular weight excluding hydrogens is 402 g/mol. The Balaban J connectivity index is 1.39. The standard InChI is InChI=1S/C21H23N5O3S/c1-15-7-11-18(12-8-15)30(28,29)23-14-13-22-21(27)19-20(16-9-10-16)26(25-24-19)17-5-3-2-4-6-17/h2-8,11-12,16,23H,9-10,13-14H2,1H3,(H,22,27). The molecule has 0 saturated heterocycles. The number of nitrogens with zero attached hydrogens (tertiary/aromatic N) is 3. The van der Waals surface area contributed by atoms with Gasteiger partial charge in [0.05, 0.1) is 16.3 Å². The Morgan fingerprint density at radius 2 is 1.77 bits per heavy atom. The van der Waals surface area contributed by atoms with Crippen molar-refractivity contribution in [3.63, 3.8) is 0 Å². The summed E-state index contributed by atoms with van der Waals surface area (Å²) in [6, 6.07) is 16.2. The van der Waals surface area contributed by atoms with Crippen LogP contribution in [0.1, 0.15) is 40.5 Å². The largest absolute Gasteiger partial charge is 0.349 e. The average molecular weight is 426 g/mol. The molecule has 1 aliphatic rings. The second-order valence-electron chi connectivity index (χ2n) is 7.31. The van der Waals surface area contributed by atoms with Crippen LogP contribution in [0.5, 0.6) is 0 Å². The maximum Gasteiger partial charge on any atom is 0.273 e. The van der Waals surface area contributed by atoms with E-state index in [-0.39, 0.29) is 29.8 Å². The Labute approximate surface area is 175 Å². The monoisotopic (exact) mass is 425 g/mol. The van der Waals surface area contributed by atoms with Crippen LogP contribution in [0, 0.1) is 6.92 Å². The minimum absolute atomic E-state index is 0.0769. The van der Waals surface area contributed by atoms with E-state index in [0.29, 0.717) is 5.69 Å². The van der Waals surface area contributed by atoms with Crippen LogP contribution in [0.25, 0.3) is 5.69 Å². The van der Waals surface area contributed by atoms with Gasteiger partial charge in [-0.05, 0) is 44.0 Å². The fourth-order valence-electron chi connectivity index (χ4n) is 3.18. The summed E-state index contributed by atoms with van der Waals surface area (Å²) in [6.07, 6.45) is 1.99. The van der Waals surface area contributed by atoms with Crippen LogP contribution in [0.4, 0.5) is 0 Å². The molecule has 0 bridgehead atoms. The SMILES string of the molecule is Cc1ccc(S(=O)(=O)NCCNC(=O)c2nnn(-c3ccccc3)c2C2CC2)cc1. The quantitative estimate of drug-likeness (QED) is 0.538. The van der Waals surface area contributed by atoms with Crippen molar-refractivity contribution in [2.75, 3.05) is 13.1 Å². The van der Waals surface area contributed by atoms with Gasteiger partial charge in [-0.1, -0.05) is 41.1 Å².